The lowest BCUT2D eigenvalue weighted by atomic mass is 10.0. The smallest absolute Gasteiger partial charge is 0.268 e. The zero-order valence-electron chi connectivity index (χ0n) is 14.5. The Balaban J connectivity index is 2.04. The Labute approximate surface area is 152 Å². The van der Waals surface area contributed by atoms with E-state index in [1.807, 2.05) is 26.0 Å². The van der Waals surface area contributed by atoms with Crippen molar-refractivity contribution in [2.45, 2.75) is 33.4 Å². The Morgan fingerprint density at radius 1 is 1.20 bits per heavy atom. The van der Waals surface area contributed by atoms with Crippen molar-refractivity contribution < 1.29 is 14.3 Å². The van der Waals surface area contributed by atoms with Crippen molar-refractivity contribution in [2.75, 3.05) is 4.90 Å². The summed E-state index contributed by atoms with van der Waals surface area (Å²) in [5.41, 5.74) is 2.14. The zero-order chi connectivity index (χ0) is 18.1. The van der Waals surface area contributed by atoms with Gasteiger partial charge >= 0.3 is 0 Å². The fraction of sp³-hybridized carbons (Fsp3) is 0.300. The van der Waals surface area contributed by atoms with E-state index >= 15 is 0 Å². The lowest BCUT2D eigenvalue weighted by Crippen LogP contribution is -2.48. The maximum absolute atomic E-state index is 13.0. The molecule has 0 bridgehead atoms. The van der Waals surface area contributed by atoms with Crippen LogP contribution in [-0.4, -0.2) is 17.8 Å². The number of carbonyl (C=O) groups is 2. The minimum atomic E-state index is -0.539. The summed E-state index contributed by atoms with van der Waals surface area (Å²) in [4.78, 5) is 26.4. The maximum Gasteiger partial charge on any atom is 0.268 e. The number of amides is 1. The molecule has 130 valence electrons. The van der Waals surface area contributed by atoms with Crippen LogP contribution in [0.2, 0.25) is 5.02 Å². The highest BCUT2D eigenvalue weighted by molar-refractivity contribution is 6.30. The van der Waals surface area contributed by atoms with Gasteiger partial charge in [0.15, 0.2) is 11.9 Å². The van der Waals surface area contributed by atoms with Gasteiger partial charge in [-0.15, -0.1) is 0 Å². The summed E-state index contributed by atoms with van der Waals surface area (Å²) >= 11 is 5.95. The molecule has 4 nitrogen and oxygen atoms in total. The fourth-order valence-corrected chi connectivity index (χ4v) is 2.99. The molecule has 1 atom stereocenters. The Morgan fingerprint density at radius 2 is 1.88 bits per heavy atom. The summed E-state index contributed by atoms with van der Waals surface area (Å²) in [6.45, 7) is 5.82. The van der Waals surface area contributed by atoms with E-state index in [0.29, 0.717) is 28.6 Å². The molecule has 2 aromatic rings. The first-order valence-electron chi connectivity index (χ1n) is 8.24. The Kier molecular flexibility index (Phi) is 4.82. The highest BCUT2D eigenvalue weighted by Crippen LogP contribution is 2.37. The number of halogens is 1. The second kappa shape index (κ2) is 6.89. The van der Waals surface area contributed by atoms with Crippen molar-refractivity contribution in [2.24, 2.45) is 5.92 Å². The molecule has 0 fully saturated rings. The topological polar surface area (TPSA) is 46.6 Å². The number of hydrogen-bond acceptors (Lipinski definition) is 3. The minimum absolute atomic E-state index is 0.0425. The summed E-state index contributed by atoms with van der Waals surface area (Å²) in [6.07, 6.45) is -0.539. The van der Waals surface area contributed by atoms with E-state index in [0.717, 1.165) is 5.56 Å². The van der Waals surface area contributed by atoms with Gasteiger partial charge in [-0.2, -0.15) is 0 Å². The second-order valence-electron chi connectivity index (χ2n) is 6.57. The third-order valence-corrected chi connectivity index (χ3v) is 4.53. The van der Waals surface area contributed by atoms with Crippen molar-refractivity contribution in [3.8, 4) is 5.75 Å². The molecule has 1 amide bonds. The molecule has 0 saturated heterocycles. The zero-order valence-corrected chi connectivity index (χ0v) is 15.2. The predicted octanol–water partition coefficient (Wildman–Crippen LogP) is 4.49. The quantitative estimate of drug-likeness (QED) is 0.757. The van der Waals surface area contributed by atoms with Crippen LogP contribution in [0.3, 0.4) is 0 Å². The summed E-state index contributed by atoms with van der Waals surface area (Å²) in [5.74, 6) is 0.518. The summed E-state index contributed by atoms with van der Waals surface area (Å²) in [5, 5.41) is 0.649. The first kappa shape index (κ1) is 17.5. The van der Waals surface area contributed by atoms with Crippen molar-refractivity contribution in [3.05, 3.63) is 58.6 Å². The molecule has 1 heterocycles. The Morgan fingerprint density at radius 3 is 2.48 bits per heavy atom. The third-order valence-electron chi connectivity index (χ3n) is 4.28. The molecule has 3 rings (SSSR count). The van der Waals surface area contributed by atoms with Gasteiger partial charge in [-0.25, -0.2) is 0 Å². The van der Waals surface area contributed by atoms with Crippen LogP contribution >= 0.6 is 11.6 Å². The average Bonchev–Trinajstić information content (AvgIpc) is 2.58. The van der Waals surface area contributed by atoms with E-state index in [2.05, 4.69) is 0 Å². The first-order valence-corrected chi connectivity index (χ1v) is 8.62. The lowest BCUT2D eigenvalue weighted by molar-refractivity contribution is -0.128. The average molecular weight is 358 g/mol. The van der Waals surface area contributed by atoms with Crippen LogP contribution < -0.4 is 9.64 Å². The number of anilines is 1. The van der Waals surface area contributed by atoms with Crippen LogP contribution in [0, 0.1) is 5.92 Å². The van der Waals surface area contributed by atoms with E-state index in [4.69, 9.17) is 16.3 Å². The number of rotatable bonds is 4. The number of hydrogen-bond donors (Lipinski definition) is 0. The molecule has 0 spiro atoms. The fourth-order valence-electron chi connectivity index (χ4n) is 2.86. The van der Waals surface area contributed by atoms with Gasteiger partial charge in [0.2, 0.25) is 0 Å². The van der Waals surface area contributed by atoms with E-state index in [1.54, 1.807) is 35.2 Å². The van der Waals surface area contributed by atoms with Gasteiger partial charge in [0.1, 0.15) is 5.75 Å². The molecule has 0 N–H and O–H groups in total. The van der Waals surface area contributed by atoms with E-state index < -0.39 is 6.10 Å². The number of ether oxygens (including phenoxy) is 1. The number of nitrogens with zero attached hydrogens (tertiary/aromatic N) is 1. The standard InChI is InChI=1S/C20H20ClNO3/c1-12(2)19-20(24)22(11-14-4-7-16(21)8-5-14)17-10-15(13(3)23)6-9-18(17)25-19/h4-10,12,19H,11H2,1-3H3. The SMILES string of the molecule is CC(=O)c1ccc2c(c1)N(Cc1ccc(Cl)cc1)C(=O)C(C(C)C)O2. The number of ketones is 1. The minimum Gasteiger partial charge on any atom is -0.478 e. The summed E-state index contributed by atoms with van der Waals surface area (Å²) < 4.78 is 5.90. The van der Waals surface area contributed by atoms with Crippen LogP contribution in [-0.2, 0) is 11.3 Å². The Hall–Kier alpha value is -2.33. The number of Topliss-reactive ketones (excluding diaryl/α,β-unsaturated/α-hetero) is 1. The van der Waals surface area contributed by atoms with Crippen molar-refractivity contribution in [1.82, 2.24) is 0 Å². The van der Waals surface area contributed by atoms with Gasteiger partial charge in [-0.1, -0.05) is 37.6 Å². The van der Waals surface area contributed by atoms with Crippen molar-refractivity contribution >= 4 is 29.0 Å². The molecule has 1 aliphatic heterocycles. The van der Waals surface area contributed by atoms with Crippen molar-refractivity contribution in [1.29, 1.82) is 0 Å². The number of carbonyl (C=O) groups excluding carboxylic acids is 2. The number of fused-ring (bicyclic) bond motifs is 1. The predicted molar refractivity (Wildman–Crippen MR) is 98.3 cm³/mol. The normalized spacial score (nSPS) is 16.6. The van der Waals surface area contributed by atoms with Crippen LogP contribution in [0.5, 0.6) is 5.75 Å². The summed E-state index contributed by atoms with van der Waals surface area (Å²) in [6, 6.07) is 12.6. The molecule has 0 radical (unpaired) electrons. The van der Waals surface area contributed by atoms with Gasteiger partial charge < -0.3 is 9.64 Å². The molecule has 0 aromatic heterocycles. The lowest BCUT2D eigenvalue weighted by Gasteiger charge is -2.36. The van der Waals surface area contributed by atoms with Crippen LogP contribution in [0.1, 0.15) is 36.7 Å². The molecule has 0 aliphatic carbocycles. The highest BCUT2D eigenvalue weighted by atomic mass is 35.5. The van der Waals surface area contributed by atoms with Gasteiger partial charge in [0.05, 0.1) is 12.2 Å². The highest BCUT2D eigenvalue weighted by Gasteiger charge is 2.36. The maximum atomic E-state index is 13.0. The molecular weight excluding hydrogens is 338 g/mol. The van der Waals surface area contributed by atoms with Gasteiger partial charge in [0, 0.05) is 10.6 Å². The van der Waals surface area contributed by atoms with Crippen LogP contribution in [0.15, 0.2) is 42.5 Å². The molecule has 1 aliphatic rings. The molecular formula is C20H20ClNO3. The van der Waals surface area contributed by atoms with Gasteiger partial charge in [-0.05, 0) is 48.7 Å². The van der Waals surface area contributed by atoms with E-state index in [-0.39, 0.29) is 17.6 Å². The molecule has 5 heteroatoms. The van der Waals surface area contributed by atoms with Gasteiger partial charge in [0.25, 0.3) is 5.91 Å². The molecule has 1 unspecified atom stereocenters. The second-order valence-corrected chi connectivity index (χ2v) is 7.01. The molecule has 0 saturated carbocycles. The van der Waals surface area contributed by atoms with Crippen LogP contribution in [0.25, 0.3) is 0 Å². The molecule has 25 heavy (non-hydrogen) atoms. The van der Waals surface area contributed by atoms with Crippen molar-refractivity contribution in [3.63, 3.8) is 0 Å². The molecule has 2 aromatic carbocycles. The monoisotopic (exact) mass is 357 g/mol. The van der Waals surface area contributed by atoms with Gasteiger partial charge in [-0.3, -0.25) is 9.59 Å². The first-order chi connectivity index (χ1) is 11.9. The number of benzene rings is 2. The van der Waals surface area contributed by atoms with E-state index in [1.165, 1.54) is 6.92 Å². The van der Waals surface area contributed by atoms with Crippen LogP contribution in [0.4, 0.5) is 5.69 Å². The third kappa shape index (κ3) is 3.54. The van der Waals surface area contributed by atoms with E-state index in [9.17, 15) is 9.59 Å². The summed E-state index contributed by atoms with van der Waals surface area (Å²) in [7, 11) is 0. The largest absolute Gasteiger partial charge is 0.478 e. The Bertz CT molecular complexity index is 814.